The molecule has 4 nitrogen and oxygen atoms in total. The summed E-state index contributed by atoms with van der Waals surface area (Å²) >= 11 is 13.2. The van der Waals surface area contributed by atoms with Gasteiger partial charge in [-0.05, 0) is 35.7 Å². The third-order valence-corrected chi connectivity index (χ3v) is 4.44. The van der Waals surface area contributed by atoms with E-state index in [9.17, 15) is 9.59 Å². The van der Waals surface area contributed by atoms with E-state index in [1.165, 1.54) is 17.4 Å². The van der Waals surface area contributed by atoms with Gasteiger partial charge in [0.05, 0.1) is 15.7 Å². The van der Waals surface area contributed by atoms with E-state index < -0.39 is 11.8 Å². The number of halogens is 2. The van der Waals surface area contributed by atoms with Crippen molar-refractivity contribution in [3.05, 3.63) is 56.2 Å². The highest BCUT2D eigenvalue weighted by atomic mass is 35.5. The van der Waals surface area contributed by atoms with Gasteiger partial charge in [0, 0.05) is 4.88 Å². The zero-order valence-electron chi connectivity index (χ0n) is 10.5. The molecule has 0 radical (unpaired) electrons. The van der Waals surface area contributed by atoms with Crippen molar-refractivity contribution in [2.75, 3.05) is 5.01 Å². The molecule has 1 saturated heterocycles. The Morgan fingerprint density at radius 3 is 2.62 bits per heavy atom. The molecule has 0 spiro atoms. The summed E-state index contributed by atoms with van der Waals surface area (Å²) in [4.78, 5) is 25.1. The van der Waals surface area contributed by atoms with Crippen LogP contribution in [0.25, 0.3) is 6.08 Å². The number of carbonyl (C=O) groups excluding carboxylic acids is 2. The molecular weight excluding hydrogens is 331 g/mol. The highest BCUT2D eigenvalue weighted by molar-refractivity contribution is 7.10. The standard InChI is InChI=1S/C14H8Cl2N2O2S/c15-11-4-3-8(6-12(11)16)18-14(20)10(13(19)17-18)7-9-2-1-5-21-9/h1-7H,(H,17,19). The molecule has 21 heavy (non-hydrogen) atoms. The lowest BCUT2D eigenvalue weighted by Gasteiger charge is -2.15. The Balaban J connectivity index is 1.95. The van der Waals surface area contributed by atoms with E-state index in [0.717, 1.165) is 9.89 Å². The van der Waals surface area contributed by atoms with Crippen molar-refractivity contribution in [2.45, 2.75) is 0 Å². The van der Waals surface area contributed by atoms with Crippen LogP contribution in [0.3, 0.4) is 0 Å². The first-order chi connectivity index (χ1) is 10.1. The van der Waals surface area contributed by atoms with Gasteiger partial charge in [-0.1, -0.05) is 29.3 Å². The SMILES string of the molecule is O=C1NN(c2ccc(Cl)c(Cl)c2)C(=O)C1=Cc1cccs1. The Bertz CT molecular complexity index is 756. The summed E-state index contributed by atoms with van der Waals surface area (Å²) in [7, 11) is 0. The molecule has 2 amide bonds. The minimum Gasteiger partial charge on any atom is -0.267 e. The fourth-order valence-corrected chi connectivity index (χ4v) is 2.83. The summed E-state index contributed by atoms with van der Waals surface area (Å²) in [6, 6.07) is 8.39. The molecule has 1 aliphatic heterocycles. The van der Waals surface area contributed by atoms with Gasteiger partial charge in [0.15, 0.2) is 0 Å². The second-order valence-corrected chi connectivity index (χ2v) is 6.05. The van der Waals surface area contributed by atoms with Gasteiger partial charge in [-0.25, -0.2) is 5.01 Å². The van der Waals surface area contributed by atoms with Gasteiger partial charge in [-0.2, -0.15) is 0 Å². The third-order valence-electron chi connectivity index (χ3n) is 2.88. The van der Waals surface area contributed by atoms with Crippen LogP contribution in [0, 0.1) is 0 Å². The number of anilines is 1. The highest BCUT2D eigenvalue weighted by Gasteiger charge is 2.34. The second-order valence-electron chi connectivity index (χ2n) is 4.25. The number of rotatable bonds is 2. The first-order valence-corrected chi connectivity index (χ1v) is 7.55. The average Bonchev–Trinajstić information content (AvgIpc) is 3.06. The minimum absolute atomic E-state index is 0.0866. The molecule has 1 aromatic heterocycles. The zero-order chi connectivity index (χ0) is 15.0. The lowest BCUT2D eigenvalue weighted by atomic mass is 10.2. The Kier molecular flexibility index (Phi) is 3.71. The Hall–Kier alpha value is -1.82. The molecule has 2 heterocycles. The van der Waals surface area contributed by atoms with E-state index in [4.69, 9.17) is 23.2 Å². The van der Waals surface area contributed by atoms with Gasteiger partial charge in [0.2, 0.25) is 0 Å². The maximum absolute atomic E-state index is 12.3. The summed E-state index contributed by atoms with van der Waals surface area (Å²) in [6.07, 6.45) is 1.57. The number of benzene rings is 1. The van der Waals surface area contributed by atoms with E-state index in [2.05, 4.69) is 5.43 Å². The van der Waals surface area contributed by atoms with E-state index in [-0.39, 0.29) is 5.57 Å². The molecule has 0 atom stereocenters. The van der Waals surface area contributed by atoms with Gasteiger partial charge in [0.25, 0.3) is 11.8 Å². The topological polar surface area (TPSA) is 49.4 Å². The molecule has 1 N–H and O–H groups in total. The van der Waals surface area contributed by atoms with Crippen LogP contribution in [0.4, 0.5) is 5.69 Å². The summed E-state index contributed by atoms with van der Waals surface area (Å²) in [6.45, 7) is 0. The van der Waals surface area contributed by atoms with Gasteiger partial charge < -0.3 is 0 Å². The van der Waals surface area contributed by atoms with E-state index in [1.54, 1.807) is 18.2 Å². The molecule has 0 saturated carbocycles. The molecule has 0 bridgehead atoms. The molecule has 0 aliphatic carbocycles. The quantitative estimate of drug-likeness (QED) is 0.672. The summed E-state index contributed by atoms with van der Waals surface area (Å²) < 4.78 is 0. The van der Waals surface area contributed by atoms with Gasteiger partial charge in [0.1, 0.15) is 5.57 Å². The normalized spacial score (nSPS) is 16.7. The molecule has 3 rings (SSSR count). The molecule has 2 aromatic rings. The van der Waals surface area contributed by atoms with Crippen molar-refractivity contribution in [2.24, 2.45) is 0 Å². The van der Waals surface area contributed by atoms with Gasteiger partial charge in [-0.15, -0.1) is 11.3 Å². The van der Waals surface area contributed by atoms with E-state index >= 15 is 0 Å². The number of thiophene rings is 1. The number of nitrogens with one attached hydrogen (secondary N) is 1. The van der Waals surface area contributed by atoms with E-state index in [1.807, 2.05) is 17.5 Å². The first kappa shape index (κ1) is 14.1. The number of nitrogens with zero attached hydrogens (tertiary/aromatic N) is 1. The fraction of sp³-hybridized carbons (Fsp3) is 0. The third kappa shape index (κ3) is 2.68. The van der Waals surface area contributed by atoms with Crippen molar-refractivity contribution < 1.29 is 9.59 Å². The number of hydrogen-bond donors (Lipinski definition) is 1. The van der Waals surface area contributed by atoms with Gasteiger partial charge in [-0.3, -0.25) is 15.0 Å². The fourth-order valence-electron chi connectivity index (χ4n) is 1.88. The Morgan fingerprint density at radius 1 is 1.14 bits per heavy atom. The number of hydrazine groups is 1. The number of carbonyl (C=O) groups is 2. The van der Waals surface area contributed by atoms with Crippen LogP contribution < -0.4 is 10.4 Å². The smallest absolute Gasteiger partial charge is 0.267 e. The van der Waals surface area contributed by atoms with Crippen LogP contribution in [0.2, 0.25) is 10.0 Å². The molecule has 106 valence electrons. The highest BCUT2D eigenvalue weighted by Crippen LogP contribution is 2.29. The zero-order valence-corrected chi connectivity index (χ0v) is 12.8. The summed E-state index contributed by atoms with van der Waals surface area (Å²) in [5.74, 6) is -0.869. The monoisotopic (exact) mass is 338 g/mol. The molecule has 1 fully saturated rings. The summed E-state index contributed by atoms with van der Waals surface area (Å²) in [5.41, 5.74) is 3.05. The lowest BCUT2D eigenvalue weighted by molar-refractivity contribution is -0.117. The maximum Gasteiger partial charge on any atom is 0.282 e. The van der Waals surface area contributed by atoms with Crippen LogP contribution in [0.15, 0.2) is 41.3 Å². The van der Waals surface area contributed by atoms with Crippen LogP contribution >= 0.6 is 34.5 Å². The van der Waals surface area contributed by atoms with E-state index in [0.29, 0.717) is 15.7 Å². The van der Waals surface area contributed by atoms with Crippen LogP contribution in [0.1, 0.15) is 4.88 Å². The Labute approximate surface area is 134 Å². The molecule has 1 aliphatic rings. The maximum atomic E-state index is 12.3. The van der Waals surface area contributed by atoms with Crippen LogP contribution in [-0.2, 0) is 9.59 Å². The van der Waals surface area contributed by atoms with Crippen molar-refractivity contribution in [3.8, 4) is 0 Å². The van der Waals surface area contributed by atoms with Crippen molar-refractivity contribution in [3.63, 3.8) is 0 Å². The number of amides is 2. The first-order valence-electron chi connectivity index (χ1n) is 5.92. The Morgan fingerprint density at radius 2 is 1.95 bits per heavy atom. The molecule has 1 aromatic carbocycles. The largest absolute Gasteiger partial charge is 0.282 e. The van der Waals surface area contributed by atoms with Gasteiger partial charge >= 0.3 is 0 Å². The van der Waals surface area contributed by atoms with Crippen LogP contribution in [0.5, 0.6) is 0 Å². The lowest BCUT2D eigenvalue weighted by Crippen LogP contribution is -2.35. The van der Waals surface area contributed by atoms with Crippen LogP contribution in [-0.4, -0.2) is 11.8 Å². The van der Waals surface area contributed by atoms with Crippen molar-refractivity contribution >= 4 is 58.1 Å². The minimum atomic E-state index is -0.445. The predicted octanol–water partition coefficient (Wildman–Crippen LogP) is 3.52. The number of hydrogen-bond acceptors (Lipinski definition) is 3. The molecular formula is C14H8Cl2N2O2S. The summed E-state index contributed by atoms with van der Waals surface area (Å²) in [5, 5.41) is 3.73. The second kappa shape index (κ2) is 5.52. The molecule has 0 unspecified atom stereocenters. The predicted molar refractivity (Wildman–Crippen MR) is 84.4 cm³/mol. The molecule has 7 heteroatoms. The van der Waals surface area contributed by atoms with Crippen molar-refractivity contribution in [1.82, 2.24) is 5.43 Å². The average molecular weight is 339 g/mol. The van der Waals surface area contributed by atoms with Crippen molar-refractivity contribution in [1.29, 1.82) is 0 Å².